The molecule has 2 aromatic rings. The number of aromatic carboxylic acids is 1. The molecule has 0 spiro atoms. The van der Waals surface area contributed by atoms with Gasteiger partial charge in [-0.25, -0.2) is 4.79 Å². The number of carboxylic acids is 1. The van der Waals surface area contributed by atoms with E-state index in [1.54, 1.807) is 42.3 Å². The predicted molar refractivity (Wildman–Crippen MR) is 114 cm³/mol. The van der Waals surface area contributed by atoms with Crippen LogP contribution in [0.1, 0.15) is 20.7 Å². The van der Waals surface area contributed by atoms with Crippen molar-refractivity contribution in [2.45, 2.75) is 0 Å². The maximum absolute atomic E-state index is 12.8. The number of nitrogens with zero attached hydrogens (tertiary/aromatic N) is 2. The summed E-state index contributed by atoms with van der Waals surface area (Å²) in [5.41, 5.74) is 1.22. The maximum atomic E-state index is 12.8. The number of benzene rings is 2. The van der Waals surface area contributed by atoms with Gasteiger partial charge in [0.2, 0.25) is 5.91 Å². The minimum Gasteiger partial charge on any atom is -0.493 e. The SMILES string of the molecule is COc1ccc(C(=O)N2CCN(CC(=O)Nc3ccc(C(=O)O)cc3)CC2)cc1OC. The number of amides is 2. The van der Waals surface area contributed by atoms with Gasteiger partial charge in [0.15, 0.2) is 11.5 Å². The van der Waals surface area contributed by atoms with E-state index >= 15 is 0 Å². The average Bonchev–Trinajstić information content (AvgIpc) is 2.79. The van der Waals surface area contributed by atoms with Gasteiger partial charge in [0.05, 0.1) is 26.3 Å². The molecule has 0 aliphatic carbocycles. The highest BCUT2D eigenvalue weighted by Crippen LogP contribution is 2.28. The van der Waals surface area contributed by atoms with Crippen LogP contribution in [0.15, 0.2) is 42.5 Å². The molecule has 1 aliphatic rings. The second kappa shape index (κ2) is 9.94. The molecule has 164 valence electrons. The summed E-state index contributed by atoms with van der Waals surface area (Å²) in [6, 6.07) is 11.1. The number of piperazine rings is 1. The first-order chi connectivity index (χ1) is 14.9. The molecule has 31 heavy (non-hydrogen) atoms. The Labute approximate surface area is 180 Å². The molecule has 0 saturated carbocycles. The molecule has 2 amide bonds. The number of rotatable bonds is 7. The Morgan fingerprint density at radius 2 is 1.52 bits per heavy atom. The first-order valence-electron chi connectivity index (χ1n) is 9.78. The molecule has 3 rings (SSSR count). The van der Waals surface area contributed by atoms with Crippen LogP contribution in [0.2, 0.25) is 0 Å². The third-order valence-corrected chi connectivity index (χ3v) is 5.07. The Hall–Kier alpha value is -3.59. The normalized spacial score (nSPS) is 14.1. The molecule has 1 fully saturated rings. The summed E-state index contributed by atoms with van der Waals surface area (Å²) in [7, 11) is 3.07. The van der Waals surface area contributed by atoms with Crippen LogP contribution in [0.3, 0.4) is 0 Å². The lowest BCUT2D eigenvalue weighted by atomic mass is 10.1. The van der Waals surface area contributed by atoms with E-state index in [4.69, 9.17) is 14.6 Å². The standard InChI is InChI=1S/C22H25N3O6/c1-30-18-8-5-16(13-19(18)31-2)21(27)25-11-9-24(10-12-25)14-20(26)23-17-6-3-15(4-7-17)22(28)29/h3-8,13H,9-12,14H2,1-2H3,(H,23,26)(H,28,29). The summed E-state index contributed by atoms with van der Waals surface area (Å²) >= 11 is 0. The van der Waals surface area contributed by atoms with E-state index in [-0.39, 0.29) is 23.9 Å². The van der Waals surface area contributed by atoms with Crippen LogP contribution in [0, 0.1) is 0 Å². The lowest BCUT2D eigenvalue weighted by Gasteiger charge is -2.34. The van der Waals surface area contributed by atoms with Gasteiger partial charge in [0.25, 0.3) is 5.91 Å². The molecule has 0 atom stereocenters. The topological polar surface area (TPSA) is 108 Å². The number of nitrogens with one attached hydrogen (secondary N) is 1. The minimum absolute atomic E-state index is 0.0939. The van der Waals surface area contributed by atoms with E-state index < -0.39 is 5.97 Å². The van der Waals surface area contributed by atoms with Gasteiger partial charge in [-0.05, 0) is 42.5 Å². The number of hydrogen-bond donors (Lipinski definition) is 2. The van der Waals surface area contributed by atoms with Crippen molar-refractivity contribution in [3.8, 4) is 11.5 Å². The van der Waals surface area contributed by atoms with E-state index in [0.29, 0.717) is 48.9 Å². The Bertz CT molecular complexity index is 952. The molecule has 0 bridgehead atoms. The van der Waals surface area contributed by atoms with Crippen molar-refractivity contribution in [1.82, 2.24) is 9.80 Å². The van der Waals surface area contributed by atoms with E-state index in [9.17, 15) is 14.4 Å². The smallest absolute Gasteiger partial charge is 0.335 e. The highest BCUT2D eigenvalue weighted by molar-refractivity contribution is 5.95. The highest BCUT2D eigenvalue weighted by atomic mass is 16.5. The van der Waals surface area contributed by atoms with Gasteiger partial charge in [-0.2, -0.15) is 0 Å². The van der Waals surface area contributed by atoms with E-state index in [1.165, 1.54) is 19.2 Å². The maximum Gasteiger partial charge on any atom is 0.335 e. The first-order valence-corrected chi connectivity index (χ1v) is 9.78. The lowest BCUT2D eigenvalue weighted by molar-refractivity contribution is -0.117. The Morgan fingerprint density at radius 3 is 2.10 bits per heavy atom. The first kappa shape index (κ1) is 22.1. The number of methoxy groups -OCH3 is 2. The molecule has 0 aromatic heterocycles. The highest BCUT2D eigenvalue weighted by Gasteiger charge is 2.24. The van der Waals surface area contributed by atoms with Gasteiger partial charge < -0.3 is 24.8 Å². The Kier molecular flexibility index (Phi) is 7.09. The lowest BCUT2D eigenvalue weighted by Crippen LogP contribution is -2.50. The number of ether oxygens (including phenoxy) is 2. The fourth-order valence-electron chi connectivity index (χ4n) is 3.36. The zero-order valence-corrected chi connectivity index (χ0v) is 17.5. The van der Waals surface area contributed by atoms with Gasteiger partial charge in [-0.15, -0.1) is 0 Å². The van der Waals surface area contributed by atoms with Crippen LogP contribution in [0.5, 0.6) is 11.5 Å². The summed E-state index contributed by atoms with van der Waals surface area (Å²) < 4.78 is 10.5. The average molecular weight is 427 g/mol. The third-order valence-electron chi connectivity index (χ3n) is 5.07. The number of carbonyl (C=O) groups excluding carboxylic acids is 2. The molecular weight excluding hydrogens is 402 g/mol. The van der Waals surface area contributed by atoms with Gasteiger partial charge >= 0.3 is 5.97 Å². The zero-order chi connectivity index (χ0) is 22.4. The van der Waals surface area contributed by atoms with Gasteiger partial charge in [-0.1, -0.05) is 0 Å². The fourth-order valence-corrected chi connectivity index (χ4v) is 3.36. The van der Waals surface area contributed by atoms with Crippen LogP contribution < -0.4 is 14.8 Å². The van der Waals surface area contributed by atoms with Gasteiger partial charge in [-0.3, -0.25) is 14.5 Å². The molecule has 2 aromatic carbocycles. The van der Waals surface area contributed by atoms with E-state index in [1.807, 2.05) is 4.90 Å². The van der Waals surface area contributed by atoms with Crippen molar-refractivity contribution >= 4 is 23.5 Å². The van der Waals surface area contributed by atoms with E-state index in [0.717, 1.165) is 0 Å². The Balaban J connectivity index is 1.50. The quantitative estimate of drug-likeness (QED) is 0.694. The summed E-state index contributed by atoms with van der Waals surface area (Å²) in [6.45, 7) is 2.36. The Morgan fingerprint density at radius 1 is 0.903 bits per heavy atom. The van der Waals surface area contributed by atoms with Crippen molar-refractivity contribution < 1.29 is 29.0 Å². The predicted octanol–water partition coefficient (Wildman–Crippen LogP) is 1.80. The number of hydrogen-bond acceptors (Lipinski definition) is 6. The van der Waals surface area contributed by atoms with Gasteiger partial charge in [0, 0.05) is 37.4 Å². The number of carboxylic acid groups (broad SMARTS) is 1. The summed E-state index contributed by atoms with van der Waals surface area (Å²) in [5.74, 6) is -0.239. The molecule has 0 unspecified atom stereocenters. The second-order valence-corrected chi connectivity index (χ2v) is 7.07. The molecule has 1 heterocycles. The largest absolute Gasteiger partial charge is 0.493 e. The molecule has 0 radical (unpaired) electrons. The molecular formula is C22H25N3O6. The summed E-state index contributed by atoms with van der Waals surface area (Å²) in [5, 5.41) is 11.7. The van der Waals surface area contributed by atoms with Crippen molar-refractivity contribution in [1.29, 1.82) is 0 Å². The van der Waals surface area contributed by atoms with Crippen LogP contribution in [-0.4, -0.2) is 79.6 Å². The fraction of sp³-hybridized carbons (Fsp3) is 0.318. The second-order valence-electron chi connectivity index (χ2n) is 7.07. The van der Waals surface area contributed by atoms with Crippen molar-refractivity contribution in [3.05, 3.63) is 53.6 Å². The summed E-state index contributed by atoms with van der Waals surface area (Å²) in [4.78, 5) is 39.7. The van der Waals surface area contributed by atoms with Crippen molar-refractivity contribution in [2.24, 2.45) is 0 Å². The van der Waals surface area contributed by atoms with Crippen LogP contribution in [0.25, 0.3) is 0 Å². The third kappa shape index (κ3) is 5.52. The van der Waals surface area contributed by atoms with Crippen molar-refractivity contribution in [3.63, 3.8) is 0 Å². The molecule has 2 N–H and O–H groups in total. The molecule has 9 nitrogen and oxygen atoms in total. The van der Waals surface area contributed by atoms with Crippen LogP contribution in [-0.2, 0) is 4.79 Å². The number of anilines is 1. The zero-order valence-electron chi connectivity index (χ0n) is 17.5. The van der Waals surface area contributed by atoms with Crippen molar-refractivity contribution in [2.75, 3.05) is 52.3 Å². The monoisotopic (exact) mass is 427 g/mol. The van der Waals surface area contributed by atoms with Crippen LogP contribution in [0.4, 0.5) is 5.69 Å². The molecule has 1 saturated heterocycles. The van der Waals surface area contributed by atoms with Crippen LogP contribution >= 0.6 is 0 Å². The summed E-state index contributed by atoms with van der Waals surface area (Å²) in [6.07, 6.45) is 0. The molecule has 1 aliphatic heterocycles. The van der Waals surface area contributed by atoms with E-state index in [2.05, 4.69) is 5.32 Å². The van der Waals surface area contributed by atoms with Gasteiger partial charge in [0.1, 0.15) is 0 Å². The molecule has 9 heteroatoms. The minimum atomic E-state index is -1.02. The number of carbonyl (C=O) groups is 3.